The standard InChI is InChI=1S/C13H19N5O2S/c1-4-5-7(2)12-17-18-13(21-12)14-10(19)6-9-8(3)15-16-11(9)20/h7H,4-6H2,1-3H3,(H,14,18,19)(H2,15,16,20). The third-order valence-corrected chi connectivity index (χ3v) is 4.33. The summed E-state index contributed by atoms with van der Waals surface area (Å²) in [5.74, 6) is 0.0713. The average Bonchev–Trinajstić information content (AvgIpc) is 3.01. The van der Waals surface area contributed by atoms with Gasteiger partial charge < -0.3 is 10.4 Å². The number of hydrogen-bond donors (Lipinski definition) is 3. The molecule has 2 aromatic heterocycles. The Labute approximate surface area is 126 Å². The van der Waals surface area contributed by atoms with Gasteiger partial charge in [0.2, 0.25) is 11.0 Å². The van der Waals surface area contributed by atoms with Gasteiger partial charge in [-0.15, -0.1) is 10.2 Å². The largest absolute Gasteiger partial charge is 0.302 e. The van der Waals surface area contributed by atoms with Crippen LogP contribution in [0.2, 0.25) is 0 Å². The van der Waals surface area contributed by atoms with Gasteiger partial charge in [0.05, 0.1) is 6.42 Å². The molecule has 0 aliphatic heterocycles. The summed E-state index contributed by atoms with van der Waals surface area (Å²) in [6, 6.07) is 0. The van der Waals surface area contributed by atoms with Crippen LogP contribution in [-0.4, -0.2) is 26.3 Å². The van der Waals surface area contributed by atoms with Gasteiger partial charge in [0.1, 0.15) is 5.01 Å². The minimum Gasteiger partial charge on any atom is -0.302 e. The summed E-state index contributed by atoms with van der Waals surface area (Å²) in [6.45, 7) is 5.96. The number of hydrogen-bond acceptors (Lipinski definition) is 5. The normalized spacial score (nSPS) is 12.3. The summed E-state index contributed by atoms with van der Waals surface area (Å²) in [6.07, 6.45) is 2.14. The molecule has 0 fully saturated rings. The average molecular weight is 309 g/mol. The van der Waals surface area contributed by atoms with E-state index in [1.807, 2.05) is 0 Å². The molecule has 2 rings (SSSR count). The Bertz CT molecular complexity index is 672. The minimum atomic E-state index is -0.269. The van der Waals surface area contributed by atoms with Crippen LogP contribution in [-0.2, 0) is 11.2 Å². The lowest BCUT2D eigenvalue weighted by atomic mass is 10.1. The molecular formula is C13H19N5O2S. The van der Waals surface area contributed by atoms with E-state index >= 15 is 0 Å². The van der Waals surface area contributed by atoms with Crippen molar-refractivity contribution in [1.29, 1.82) is 0 Å². The van der Waals surface area contributed by atoms with Gasteiger partial charge in [0.15, 0.2) is 0 Å². The van der Waals surface area contributed by atoms with Crippen LogP contribution in [0.25, 0.3) is 0 Å². The minimum absolute atomic E-state index is 0.0179. The van der Waals surface area contributed by atoms with E-state index in [0.29, 0.717) is 22.3 Å². The second-order valence-corrected chi connectivity index (χ2v) is 6.05. The number of amides is 1. The van der Waals surface area contributed by atoms with E-state index in [-0.39, 0.29) is 17.9 Å². The molecule has 7 nitrogen and oxygen atoms in total. The molecule has 0 saturated carbocycles. The Morgan fingerprint density at radius 3 is 2.76 bits per heavy atom. The molecule has 2 aromatic rings. The molecule has 0 bridgehead atoms. The van der Waals surface area contributed by atoms with E-state index in [0.717, 1.165) is 17.8 Å². The van der Waals surface area contributed by atoms with E-state index < -0.39 is 0 Å². The van der Waals surface area contributed by atoms with Gasteiger partial charge in [-0.05, 0) is 13.3 Å². The SMILES string of the molecule is CCCC(C)c1nnc(NC(=O)Cc2c(C)[nH][nH]c2=O)s1. The molecule has 1 amide bonds. The van der Waals surface area contributed by atoms with Crippen LogP contribution < -0.4 is 10.9 Å². The van der Waals surface area contributed by atoms with Crippen molar-refractivity contribution in [2.75, 3.05) is 5.32 Å². The smallest absolute Gasteiger partial charge is 0.267 e. The van der Waals surface area contributed by atoms with Gasteiger partial charge in [-0.1, -0.05) is 31.6 Å². The van der Waals surface area contributed by atoms with Crippen LogP contribution in [0, 0.1) is 6.92 Å². The third-order valence-electron chi connectivity index (χ3n) is 3.26. The molecule has 0 aliphatic rings. The summed E-state index contributed by atoms with van der Waals surface area (Å²) in [5, 5.41) is 17.3. The summed E-state index contributed by atoms with van der Waals surface area (Å²) in [5.41, 5.74) is 0.846. The fraction of sp³-hybridized carbons (Fsp3) is 0.538. The predicted octanol–water partition coefficient (Wildman–Crippen LogP) is 1.95. The molecule has 0 aromatic carbocycles. The number of aromatic amines is 2. The predicted molar refractivity (Wildman–Crippen MR) is 81.7 cm³/mol. The van der Waals surface area contributed by atoms with E-state index in [9.17, 15) is 9.59 Å². The number of nitrogens with one attached hydrogen (secondary N) is 3. The highest BCUT2D eigenvalue weighted by molar-refractivity contribution is 7.15. The summed E-state index contributed by atoms with van der Waals surface area (Å²) in [4.78, 5) is 23.5. The molecule has 0 aliphatic carbocycles. The fourth-order valence-electron chi connectivity index (χ4n) is 2.05. The lowest BCUT2D eigenvalue weighted by Crippen LogP contribution is -2.19. The molecule has 1 atom stereocenters. The van der Waals surface area contributed by atoms with Gasteiger partial charge in [-0.2, -0.15) is 0 Å². The first-order chi connectivity index (χ1) is 10.0. The van der Waals surface area contributed by atoms with E-state index in [2.05, 4.69) is 39.6 Å². The molecule has 2 heterocycles. The number of aryl methyl sites for hydroxylation is 1. The quantitative estimate of drug-likeness (QED) is 0.758. The number of aromatic nitrogens is 4. The monoisotopic (exact) mass is 309 g/mol. The van der Waals surface area contributed by atoms with Crippen LogP contribution in [0.1, 0.15) is 48.9 Å². The van der Waals surface area contributed by atoms with Crippen molar-refractivity contribution in [3.05, 3.63) is 26.6 Å². The molecule has 114 valence electrons. The number of anilines is 1. The maximum atomic E-state index is 12.0. The van der Waals surface area contributed by atoms with E-state index in [1.165, 1.54) is 11.3 Å². The molecule has 21 heavy (non-hydrogen) atoms. The van der Waals surface area contributed by atoms with Crippen molar-refractivity contribution in [1.82, 2.24) is 20.4 Å². The van der Waals surface area contributed by atoms with Crippen LogP contribution in [0.5, 0.6) is 0 Å². The van der Waals surface area contributed by atoms with Gasteiger partial charge in [0.25, 0.3) is 5.56 Å². The van der Waals surface area contributed by atoms with Gasteiger partial charge >= 0.3 is 0 Å². The number of carbonyl (C=O) groups excluding carboxylic acids is 1. The molecule has 0 saturated heterocycles. The first-order valence-corrected chi connectivity index (χ1v) is 7.72. The van der Waals surface area contributed by atoms with Gasteiger partial charge in [-0.25, -0.2) is 0 Å². The lowest BCUT2D eigenvalue weighted by molar-refractivity contribution is -0.115. The van der Waals surface area contributed by atoms with Crippen molar-refractivity contribution >= 4 is 22.4 Å². The maximum absolute atomic E-state index is 12.0. The Balaban J connectivity index is 1.99. The van der Waals surface area contributed by atoms with Crippen molar-refractivity contribution in [2.24, 2.45) is 0 Å². The maximum Gasteiger partial charge on any atom is 0.267 e. The Morgan fingerprint density at radius 2 is 2.14 bits per heavy atom. The number of H-pyrrole nitrogens is 2. The zero-order valence-electron chi connectivity index (χ0n) is 12.3. The second kappa shape index (κ2) is 6.66. The van der Waals surface area contributed by atoms with Crippen LogP contribution in [0.4, 0.5) is 5.13 Å². The molecule has 0 spiro atoms. The lowest BCUT2D eigenvalue weighted by Gasteiger charge is -2.03. The van der Waals surface area contributed by atoms with Crippen molar-refractivity contribution in [2.45, 2.75) is 46.0 Å². The van der Waals surface area contributed by atoms with Crippen molar-refractivity contribution in [3.8, 4) is 0 Å². The van der Waals surface area contributed by atoms with Gasteiger partial charge in [-0.3, -0.25) is 14.7 Å². The Kier molecular flexibility index (Phi) is 4.89. The zero-order chi connectivity index (χ0) is 15.4. The zero-order valence-corrected chi connectivity index (χ0v) is 13.1. The van der Waals surface area contributed by atoms with Crippen LogP contribution in [0.3, 0.4) is 0 Å². The highest BCUT2D eigenvalue weighted by atomic mass is 32.1. The first-order valence-electron chi connectivity index (χ1n) is 6.90. The Hall–Kier alpha value is -1.96. The summed E-state index contributed by atoms with van der Waals surface area (Å²) < 4.78 is 0. The highest BCUT2D eigenvalue weighted by Gasteiger charge is 2.15. The van der Waals surface area contributed by atoms with Crippen LogP contribution in [0.15, 0.2) is 4.79 Å². The number of rotatable bonds is 6. The molecule has 0 radical (unpaired) electrons. The second-order valence-electron chi connectivity index (χ2n) is 5.04. The summed E-state index contributed by atoms with van der Waals surface area (Å²) >= 11 is 1.38. The molecule has 1 unspecified atom stereocenters. The number of nitrogens with zero attached hydrogens (tertiary/aromatic N) is 2. The van der Waals surface area contributed by atoms with Crippen molar-refractivity contribution < 1.29 is 4.79 Å². The van der Waals surface area contributed by atoms with E-state index in [1.54, 1.807) is 6.92 Å². The third kappa shape index (κ3) is 3.78. The highest BCUT2D eigenvalue weighted by Crippen LogP contribution is 2.26. The van der Waals surface area contributed by atoms with Crippen LogP contribution >= 0.6 is 11.3 Å². The Morgan fingerprint density at radius 1 is 1.38 bits per heavy atom. The number of carbonyl (C=O) groups is 1. The molecule has 8 heteroatoms. The van der Waals surface area contributed by atoms with Gasteiger partial charge in [0, 0.05) is 17.2 Å². The first kappa shape index (κ1) is 15.4. The fourth-order valence-corrected chi connectivity index (χ4v) is 2.89. The van der Waals surface area contributed by atoms with Crippen molar-refractivity contribution in [3.63, 3.8) is 0 Å². The summed E-state index contributed by atoms with van der Waals surface area (Å²) in [7, 11) is 0. The molecule has 3 N–H and O–H groups in total. The van der Waals surface area contributed by atoms with E-state index in [4.69, 9.17) is 0 Å². The molecular weight excluding hydrogens is 290 g/mol. The topological polar surface area (TPSA) is 104 Å².